The number of hydrogen-bond donors (Lipinski definition) is 2. The van der Waals surface area contributed by atoms with Crippen LogP contribution in [0.2, 0.25) is 0 Å². The fourth-order valence-corrected chi connectivity index (χ4v) is 2.30. The molecule has 1 aliphatic carbocycles. The lowest BCUT2D eigenvalue weighted by molar-refractivity contribution is 0.104. The number of hydrogen-bond acceptors (Lipinski definition) is 4. The smallest absolute Gasteiger partial charge is 0.349 e. The maximum Gasteiger partial charge on any atom is 0.349 e. The molecule has 0 aromatic carbocycles. The zero-order chi connectivity index (χ0) is 12.6. The molecule has 1 fully saturated rings. The van der Waals surface area contributed by atoms with Crippen LogP contribution in [0.3, 0.4) is 0 Å². The standard InChI is InChI=1S/C12H15N3O2/c1-3-12(2)7-8(6-9(12)16)15-5-4-10(13)14-11(15)17/h1,4-5,8-9,16H,6-7H2,2H3,(H2,13,14,17)/t8-,9-,12+/m1/s1. The van der Waals surface area contributed by atoms with Crippen molar-refractivity contribution in [2.75, 3.05) is 5.73 Å². The number of aliphatic hydroxyl groups is 1. The molecule has 3 N–H and O–H groups in total. The number of rotatable bonds is 1. The van der Waals surface area contributed by atoms with Gasteiger partial charge in [0.2, 0.25) is 0 Å². The zero-order valence-corrected chi connectivity index (χ0v) is 9.63. The first kappa shape index (κ1) is 11.7. The first-order chi connectivity index (χ1) is 7.96. The maximum atomic E-state index is 11.7. The molecule has 1 aliphatic rings. The summed E-state index contributed by atoms with van der Waals surface area (Å²) in [5.74, 6) is 2.81. The van der Waals surface area contributed by atoms with E-state index in [-0.39, 0.29) is 11.9 Å². The van der Waals surface area contributed by atoms with Crippen molar-refractivity contribution in [2.45, 2.75) is 31.9 Å². The van der Waals surface area contributed by atoms with Crippen LogP contribution in [0.15, 0.2) is 17.1 Å². The first-order valence-corrected chi connectivity index (χ1v) is 5.47. The number of aromatic nitrogens is 2. The van der Waals surface area contributed by atoms with Crippen molar-refractivity contribution >= 4 is 5.82 Å². The predicted molar refractivity (Wildman–Crippen MR) is 64.1 cm³/mol. The van der Waals surface area contributed by atoms with E-state index in [1.807, 2.05) is 6.92 Å². The van der Waals surface area contributed by atoms with E-state index >= 15 is 0 Å². The van der Waals surface area contributed by atoms with Crippen LogP contribution in [0.5, 0.6) is 0 Å². The summed E-state index contributed by atoms with van der Waals surface area (Å²) in [7, 11) is 0. The van der Waals surface area contributed by atoms with E-state index in [1.165, 1.54) is 4.57 Å². The molecular weight excluding hydrogens is 218 g/mol. The highest BCUT2D eigenvalue weighted by Gasteiger charge is 2.42. The maximum absolute atomic E-state index is 11.7. The first-order valence-electron chi connectivity index (χ1n) is 5.47. The molecule has 90 valence electrons. The molecule has 3 atom stereocenters. The Morgan fingerprint density at radius 2 is 2.47 bits per heavy atom. The van der Waals surface area contributed by atoms with Gasteiger partial charge in [-0.15, -0.1) is 6.42 Å². The van der Waals surface area contributed by atoms with Gasteiger partial charge in [0.1, 0.15) is 5.82 Å². The Labute approximate surface area is 99.3 Å². The van der Waals surface area contributed by atoms with Gasteiger partial charge in [-0.3, -0.25) is 4.57 Å². The minimum Gasteiger partial charge on any atom is -0.391 e. The van der Waals surface area contributed by atoms with Crippen molar-refractivity contribution in [1.29, 1.82) is 0 Å². The summed E-state index contributed by atoms with van der Waals surface area (Å²) >= 11 is 0. The Morgan fingerprint density at radius 3 is 3.00 bits per heavy atom. The van der Waals surface area contributed by atoms with E-state index in [4.69, 9.17) is 12.2 Å². The van der Waals surface area contributed by atoms with Gasteiger partial charge in [-0.05, 0) is 25.8 Å². The Morgan fingerprint density at radius 1 is 1.76 bits per heavy atom. The fraction of sp³-hybridized carbons (Fsp3) is 0.500. The molecule has 0 radical (unpaired) electrons. The predicted octanol–water partition coefficient (Wildman–Crippen LogP) is 0.161. The quantitative estimate of drug-likeness (QED) is 0.677. The second kappa shape index (κ2) is 3.90. The van der Waals surface area contributed by atoms with Crippen LogP contribution >= 0.6 is 0 Å². The molecule has 1 aromatic heterocycles. The van der Waals surface area contributed by atoms with Crippen molar-refractivity contribution in [2.24, 2.45) is 5.41 Å². The van der Waals surface area contributed by atoms with Gasteiger partial charge in [-0.2, -0.15) is 4.98 Å². The third-order valence-electron chi connectivity index (χ3n) is 3.47. The molecule has 5 nitrogen and oxygen atoms in total. The van der Waals surface area contributed by atoms with E-state index in [0.29, 0.717) is 12.8 Å². The van der Waals surface area contributed by atoms with Crippen LogP contribution < -0.4 is 11.4 Å². The van der Waals surface area contributed by atoms with Crippen LogP contribution in [0.4, 0.5) is 5.82 Å². The molecule has 0 bridgehead atoms. The minimum absolute atomic E-state index is 0.119. The normalized spacial score (nSPS) is 32.3. The second-order valence-corrected chi connectivity index (χ2v) is 4.71. The van der Waals surface area contributed by atoms with Crippen LogP contribution in [0.1, 0.15) is 25.8 Å². The molecule has 2 rings (SSSR count). The van der Waals surface area contributed by atoms with Crippen LogP contribution in [0, 0.1) is 17.8 Å². The molecule has 0 saturated heterocycles. The van der Waals surface area contributed by atoms with Crippen molar-refractivity contribution in [3.8, 4) is 12.3 Å². The third-order valence-corrected chi connectivity index (χ3v) is 3.47. The van der Waals surface area contributed by atoms with Crippen LogP contribution in [-0.4, -0.2) is 20.8 Å². The Balaban J connectivity index is 2.33. The number of terminal acetylenes is 1. The van der Waals surface area contributed by atoms with Gasteiger partial charge in [0.05, 0.1) is 11.5 Å². The molecule has 1 heterocycles. The molecule has 0 aliphatic heterocycles. The highest BCUT2D eigenvalue weighted by molar-refractivity contribution is 5.24. The summed E-state index contributed by atoms with van der Waals surface area (Å²) < 4.78 is 1.49. The van der Waals surface area contributed by atoms with E-state index in [1.54, 1.807) is 12.3 Å². The van der Waals surface area contributed by atoms with Crippen molar-refractivity contribution in [3.63, 3.8) is 0 Å². The third kappa shape index (κ3) is 1.92. The number of nitrogens with zero attached hydrogens (tertiary/aromatic N) is 2. The molecular formula is C12H15N3O2. The summed E-state index contributed by atoms with van der Waals surface area (Å²) in [4.78, 5) is 15.3. The van der Waals surface area contributed by atoms with E-state index < -0.39 is 17.2 Å². The van der Waals surface area contributed by atoms with Gasteiger partial charge in [0, 0.05) is 12.2 Å². The molecule has 1 aromatic rings. The summed E-state index contributed by atoms with van der Waals surface area (Å²) in [6, 6.07) is 1.45. The van der Waals surface area contributed by atoms with Crippen LogP contribution in [0.25, 0.3) is 0 Å². The largest absolute Gasteiger partial charge is 0.391 e. The topological polar surface area (TPSA) is 81.1 Å². The summed E-state index contributed by atoms with van der Waals surface area (Å²) in [5.41, 5.74) is 4.45. The lowest BCUT2D eigenvalue weighted by Gasteiger charge is -2.20. The highest BCUT2D eigenvalue weighted by atomic mass is 16.3. The molecule has 0 spiro atoms. The monoisotopic (exact) mass is 233 g/mol. The van der Waals surface area contributed by atoms with E-state index in [2.05, 4.69) is 10.9 Å². The van der Waals surface area contributed by atoms with Gasteiger partial charge in [0.25, 0.3) is 0 Å². The molecule has 17 heavy (non-hydrogen) atoms. The molecule has 0 amide bonds. The van der Waals surface area contributed by atoms with Crippen molar-refractivity contribution in [3.05, 3.63) is 22.7 Å². The minimum atomic E-state index is -0.595. The molecule has 0 unspecified atom stereocenters. The van der Waals surface area contributed by atoms with Gasteiger partial charge in [0.15, 0.2) is 0 Å². The number of anilines is 1. The lowest BCUT2D eigenvalue weighted by Crippen LogP contribution is -2.26. The van der Waals surface area contributed by atoms with Crippen LogP contribution in [-0.2, 0) is 0 Å². The number of nitrogen functional groups attached to an aromatic ring is 1. The Bertz CT molecular complexity index is 531. The number of nitrogens with two attached hydrogens (primary N) is 1. The lowest BCUT2D eigenvalue weighted by atomic mass is 9.88. The zero-order valence-electron chi connectivity index (χ0n) is 9.63. The number of aliphatic hydroxyl groups excluding tert-OH is 1. The van der Waals surface area contributed by atoms with Gasteiger partial charge >= 0.3 is 5.69 Å². The summed E-state index contributed by atoms with van der Waals surface area (Å²) in [5, 5.41) is 9.92. The van der Waals surface area contributed by atoms with Gasteiger partial charge < -0.3 is 10.8 Å². The second-order valence-electron chi connectivity index (χ2n) is 4.71. The average Bonchev–Trinajstić information content (AvgIpc) is 2.56. The van der Waals surface area contributed by atoms with Gasteiger partial charge in [-0.25, -0.2) is 4.79 Å². The van der Waals surface area contributed by atoms with E-state index in [9.17, 15) is 9.90 Å². The highest BCUT2D eigenvalue weighted by Crippen LogP contribution is 2.43. The van der Waals surface area contributed by atoms with Gasteiger partial charge in [-0.1, -0.05) is 5.92 Å². The molecule has 1 saturated carbocycles. The van der Waals surface area contributed by atoms with Crippen molar-refractivity contribution in [1.82, 2.24) is 9.55 Å². The Kier molecular flexibility index (Phi) is 2.68. The average molecular weight is 233 g/mol. The summed E-state index contributed by atoms with van der Waals surface area (Å²) in [6.07, 6.45) is 7.46. The Hall–Kier alpha value is -1.80. The fourth-order valence-electron chi connectivity index (χ4n) is 2.30. The van der Waals surface area contributed by atoms with E-state index in [0.717, 1.165) is 0 Å². The summed E-state index contributed by atoms with van der Waals surface area (Å²) in [6.45, 7) is 1.83. The van der Waals surface area contributed by atoms with Crippen molar-refractivity contribution < 1.29 is 5.11 Å². The SMILES string of the molecule is C#C[C@@]1(C)C[C@H](n2ccc(N)nc2=O)C[C@H]1O. The molecule has 5 heteroatoms.